The van der Waals surface area contributed by atoms with E-state index in [0.717, 1.165) is 22.8 Å². The minimum atomic E-state index is 0.0715. The summed E-state index contributed by atoms with van der Waals surface area (Å²) in [6, 6.07) is 5.68. The molecule has 2 rings (SSSR count). The summed E-state index contributed by atoms with van der Waals surface area (Å²) in [5.74, 6) is 3.09. The fraction of sp³-hybridized carbons (Fsp3) is 0.375. The van der Waals surface area contributed by atoms with Crippen molar-refractivity contribution in [3.63, 3.8) is 0 Å². The zero-order chi connectivity index (χ0) is 15.6. The molecular weight excluding hydrogens is 290 g/mol. The van der Waals surface area contributed by atoms with Gasteiger partial charge in [0.15, 0.2) is 0 Å². The Hall–Kier alpha value is -1.81. The second kappa shape index (κ2) is 6.31. The molecule has 1 aromatic carbocycles. The lowest BCUT2D eigenvalue weighted by Crippen LogP contribution is -2.08. The number of benzene rings is 1. The lowest BCUT2D eigenvalue weighted by molar-refractivity contribution is 0.404. The first-order valence-electron chi connectivity index (χ1n) is 6.71. The summed E-state index contributed by atoms with van der Waals surface area (Å²) < 4.78 is 16.2. The molecule has 1 unspecified atom stereocenters. The quantitative estimate of drug-likeness (QED) is 0.866. The molecule has 5 heteroatoms. The molecule has 0 aliphatic rings. The summed E-state index contributed by atoms with van der Waals surface area (Å²) in [7, 11) is 3.20. The second-order valence-corrected chi connectivity index (χ2v) is 5.33. The molecule has 1 atom stereocenters. The SMILES string of the molecule is COc1cc(NC(C)c2cc(C)oc2C)c(OC)cc1Cl. The number of hydrogen-bond donors (Lipinski definition) is 1. The predicted molar refractivity (Wildman–Crippen MR) is 84.8 cm³/mol. The molecule has 0 fully saturated rings. The molecule has 0 spiro atoms. The van der Waals surface area contributed by atoms with E-state index in [4.69, 9.17) is 25.5 Å². The Morgan fingerprint density at radius 1 is 1.10 bits per heavy atom. The van der Waals surface area contributed by atoms with Crippen LogP contribution in [-0.4, -0.2) is 14.2 Å². The zero-order valence-electron chi connectivity index (χ0n) is 12.9. The highest BCUT2D eigenvalue weighted by molar-refractivity contribution is 6.32. The predicted octanol–water partition coefficient (Wildman–Crippen LogP) is 4.74. The average molecular weight is 310 g/mol. The van der Waals surface area contributed by atoms with Gasteiger partial charge in [0.05, 0.1) is 31.0 Å². The van der Waals surface area contributed by atoms with Crippen LogP contribution in [0, 0.1) is 13.8 Å². The highest BCUT2D eigenvalue weighted by atomic mass is 35.5. The fourth-order valence-electron chi connectivity index (χ4n) is 2.36. The monoisotopic (exact) mass is 309 g/mol. The topological polar surface area (TPSA) is 43.6 Å². The normalized spacial score (nSPS) is 12.1. The van der Waals surface area contributed by atoms with Crippen LogP contribution in [0.5, 0.6) is 11.5 Å². The van der Waals surface area contributed by atoms with Crippen molar-refractivity contribution in [1.82, 2.24) is 0 Å². The Morgan fingerprint density at radius 2 is 1.76 bits per heavy atom. The largest absolute Gasteiger partial charge is 0.495 e. The third-order valence-electron chi connectivity index (χ3n) is 3.39. The van der Waals surface area contributed by atoms with Crippen LogP contribution in [0.1, 0.15) is 30.0 Å². The second-order valence-electron chi connectivity index (χ2n) is 4.92. The molecule has 0 amide bonds. The molecule has 1 aromatic heterocycles. The highest BCUT2D eigenvalue weighted by Gasteiger charge is 2.16. The van der Waals surface area contributed by atoms with Crippen molar-refractivity contribution in [2.75, 3.05) is 19.5 Å². The van der Waals surface area contributed by atoms with Crippen LogP contribution in [-0.2, 0) is 0 Å². The first-order chi connectivity index (χ1) is 9.96. The number of nitrogens with one attached hydrogen (secondary N) is 1. The summed E-state index contributed by atoms with van der Waals surface area (Å²) in [4.78, 5) is 0. The van der Waals surface area contributed by atoms with E-state index in [2.05, 4.69) is 12.2 Å². The molecule has 0 saturated heterocycles. The van der Waals surface area contributed by atoms with Gasteiger partial charge in [-0.2, -0.15) is 0 Å². The van der Waals surface area contributed by atoms with Gasteiger partial charge in [-0.25, -0.2) is 0 Å². The molecule has 0 aliphatic carbocycles. The number of methoxy groups -OCH3 is 2. The van der Waals surface area contributed by atoms with Gasteiger partial charge >= 0.3 is 0 Å². The van der Waals surface area contributed by atoms with Gasteiger partial charge in [0.25, 0.3) is 0 Å². The summed E-state index contributed by atoms with van der Waals surface area (Å²) in [5, 5.41) is 3.93. The molecule has 4 nitrogen and oxygen atoms in total. The smallest absolute Gasteiger partial charge is 0.143 e. The van der Waals surface area contributed by atoms with Gasteiger partial charge in [0, 0.05) is 17.7 Å². The van der Waals surface area contributed by atoms with Crippen molar-refractivity contribution in [3.8, 4) is 11.5 Å². The fourth-order valence-corrected chi connectivity index (χ4v) is 2.60. The third kappa shape index (κ3) is 3.27. The standard InChI is InChI=1S/C16H20ClNO3/c1-9-6-12(11(3)21-9)10(2)18-14-8-15(19-4)13(17)7-16(14)20-5/h6-8,10,18H,1-5H3. The lowest BCUT2D eigenvalue weighted by atomic mass is 10.1. The average Bonchev–Trinajstić information content (AvgIpc) is 2.79. The van der Waals surface area contributed by atoms with E-state index in [1.165, 1.54) is 0 Å². The van der Waals surface area contributed by atoms with Crippen molar-refractivity contribution in [2.45, 2.75) is 26.8 Å². The molecule has 1 N–H and O–H groups in total. The van der Waals surface area contributed by atoms with Crippen LogP contribution in [0.2, 0.25) is 5.02 Å². The first-order valence-corrected chi connectivity index (χ1v) is 7.09. The van der Waals surface area contributed by atoms with E-state index in [9.17, 15) is 0 Å². The number of rotatable bonds is 5. The molecule has 1 heterocycles. The van der Waals surface area contributed by atoms with Gasteiger partial charge in [-0.3, -0.25) is 0 Å². The van der Waals surface area contributed by atoms with Crippen LogP contribution in [0.15, 0.2) is 22.6 Å². The minimum Gasteiger partial charge on any atom is -0.495 e. The summed E-state index contributed by atoms with van der Waals surface area (Å²) in [6.07, 6.45) is 0. The zero-order valence-corrected chi connectivity index (χ0v) is 13.7. The lowest BCUT2D eigenvalue weighted by Gasteiger charge is -2.18. The molecule has 2 aromatic rings. The summed E-state index contributed by atoms with van der Waals surface area (Å²) >= 11 is 6.11. The van der Waals surface area contributed by atoms with Crippen molar-refractivity contribution in [2.24, 2.45) is 0 Å². The van der Waals surface area contributed by atoms with Crippen LogP contribution >= 0.6 is 11.6 Å². The number of anilines is 1. The Bertz CT molecular complexity index is 637. The van der Waals surface area contributed by atoms with Crippen molar-refractivity contribution in [1.29, 1.82) is 0 Å². The summed E-state index contributed by atoms with van der Waals surface area (Å²) in [6.45, 7) is 5.97. The number of halogens is 1. The van der Waals surface area contributed by atoms with Crippen molar-refractivity contribution in [3.05, 3.63) is 40.3 Å². The maximum atomic E-state index is 6.11. The first kappa shape index (κ1) is 15.6. The maximum Gasteiger partial charge on any atom is 0.143 e. The van der Waals surface area contributed by atoms with Gasteiger partial charge in [0.1, 0.15) is 23.0 Å². The molecular formula is C16H20ClNO3. The Labute approximate surface area is 130 Å². The third-order valence-corrected chi connectivity index (χ3v) is 3.69. The van der Waals surface area contributed by atoms with Crippen LogP contribution in [0.25, 0.3) is 0 Å². The van der Waals surface area contributed by atoms with E-state index in [1.54, 1.807) is 20.3 Å². The van der Waals surface area contributed by atoms with E-state index < -0.39 is 0 Å². The number of aryl methyl sites for hydroxylation is 2. The van der Waals surface area contributed by atoms with Crippen molar-refractivity contribution >= 4 is 17.3 Å². The number of hydrogen-bond acceptors (Lipinski definition) is 4. The Balaban J connectivity index is 2.32. The van der Waals surface area contributed by atoms with Crippen LogP contribution in [0.4, 0.5) is 5.69 Å². The Morgan fingerprint density at radius 3 is 2.29 bits per heavy atom. The van der Waals surface area contributed by atoms with E-state index in [1.807, 2.05) is 26.0 Å². The van der Waals surface area contributed by atoms with Gasteiger partial charge < -0.3 is 19.2 Å². The van der Waals surface area contributed by atoms with Gasteiger partial charge in [-0.05, 0) is 26.8 Å². The van der Waals surface area contributed by atoms with Crippen LogP contribution in [0.3, 0.4) is 0 Å². The minimum absolute atomic E-state index is 0.0715. The van der Waals surface area contributed by atoms with E-state index in [-0.39, 0.29) is 6.04 Å². The van der Waals surface area contributed by atoms with E-state index >= 15 is 0 Å². The molecule has 0 saturated carbocycles. The van der Waals surface area contributed by atoms with Gasteiger partial charge in [-0.1, -0.05) is 11.6 Å². The molecule has 0 aliphatic heterocycles. The number of furan rings is 1. The van der Waals surface area contributed by atoms with Crippen molar-refractivity contribution < 1.29 is 13.9 Å². The Kier molecular flexibility index (Phi) is 4.68. The molecule has 0 radical (unpaired) electrons. The molecule has 114 valence electrons. The van der Waals surface area contributed by atoms with Gasteiger partial charge in [0.2, 0.25) is 0 Å². The molecule has 0 bridgehead atoms. The molecule has 21 heavy (non-hydrogen) atoms. The maximum absolute atomic E-state index is 6.11. The highest BCUT2D eigenvalue weighted by Crippen LogP contribution is 2.37. The summed E-state index contributed by atoms with van der Waals surface area (Å²) in [5.41, 5.74) is 1.94. The van der Waals surface area contributed by atoms with Gasteiger partial charge in [-0.15, -0.1) is 0 Å². The van der Waals surface area contributed by atoms with E-state index in [0.29, 0.717) is 16.5 Å². The van der Waals surface area contributed by atoms with Crippen LogP contribution < -0.4 is 14.8 Å². The number of ether oxygens (including phenoxy) is 2.